The Bertz CT molecular complexity index is 1130. The van der Waals surface area contributed by atoms with Crippen LogP contribution in [0.15, 0.2) is 70.7 Å². The number of carbonyl (C=O) groups excluding carboxylic acids is 1. The van der Waals surface area contributed by atoms with Gasteiger partial charge in [0.05, 0.1) is 4.92 Å². The summed E-state index contributed by atoms with van der Waals surface area (Å²) in [6.07, 6.45) is 1.35. The van der Waals surface area contributed by atoms with E-state index < -0.39 is 10.8 Å². The van der Waals surface area contributed by atoms with Crippen LogP contribution in [-0.2, 0) is 4.79 Å². The van der Waals surface area contributed by atoms with E-state index in [0.29, 0.717) is 28.7 Å². The summed E-state index contributed by atoms with van der Waals surface area (Å²) >= 11 is 0. The van der Waals surface area contributed by atoms with Crippen LogP contribution in [0.2, 0.25) is 0 Å². The average molecular weight is 401 g/mol. The number of nitro groups is 1. The molecular weight excluding hydrogens is 382 g/mol. The standard InChI is InChI=1S/C23H19N3O4/c1-15(2)16-3-7-19(8-4-16)25-23(27)18(14-24)13-21-11-12-22(30-21)17-5-9-20(10-6-17)26(28)29/h3-13,15H,1-2H3,(H,25,27). The zero-order chi connectivity index (χ0) is 21.7. The molecule has 0 radical (unpaired) electrons. The Morgan fingerprint density at radius 2 is 1.77 bits per heavy atom. The van der Waals surface area contributed by atoms with Crippen LogP contribution in [0.5, 0.6) is 0 Å². The summed E-state index contributed by atoms with van der Waals surface area (Å²) in [4.78, 5) is 22.7. The van der Waals surface area contributed by atoms with Crippen LogP contribution in [-0.4, -0.2) is 10.8 Å². The Kier molecular flexibility index (Phi) is 6.08. The van der Waals surface area contributed by atoms with Crippen LogP contribution in [0, 0.1) is 21.4 Å². The molecule has 0 unspecified atom stereocenters. The molecule has 0 bridgehead atoms. The minimum Gasteiger partial charge on any atom is -0.457 e. The Morgan fingerprint density at radius 3 is 2.33 bits per heavy atom. The Labute approximate surface area is 173 Å². The van der Waals surface area contributed by atoms with Crippen LogP contribution in [0.3, 0.4) is 0 Å². The Balaban J connectivity index is 1.75. The summed E-state index contributed by atoms with van der Waals surface area (Å²) in [6.45, 7) is 4.16. The molecule has 0 saturated carbocycles. The molecule has 30 heavy (non-hydrogen) atoms. The summed E-state index contributed by atoms with van der Waals surface area (Å²) in [6, 6.07) is 18.5. The summed E-state index contributed by atoms with van der Waals surface area (Å²) in [7, 11) is 0. The topological polar surface area (TPSA) is 109 Å². The molecule has 0 aliphatic heterocycles. The minimum absolute atomic E-state index is 0.0182. The fourth-order valence-electron chi connectivity index (χ4n) is 2.77. The van der Waals surface area contributed by atoms with Gasteiger partial charge in [-0.15, -0.1) is 0 Å². The van der Waals surface area contributed by atoms with Crippen LogP contribution < -0.4 is 5.32 Å². The van der Waals surface area contributed by atoms with Crippen molar-refractivity contribution in [1.82, 2.24) is 0 Å². The zero-order valence-electron chi connectivity index (χ0n) is 16.5. The van der Waals surface area contributed by atoms with Crippen LogP contribution in [0.1, 0.15) is 31.1 Å². The van der Waals surface area contributed by atoms with Gasteiger partial charge in [0, 0.05) is 29.5 Å². The van der Waals surface area contributed by atoms with E-state index in [9.17, 15) is 20.2 Å². The number of carbonyl (C=O) groups is 1. The van der Waals surface area contributed by atoms with E-state index in [0.717, 1.165) is 5.56 Å². The molecule has 0 aliphatic carbocycles. The molecule has 1 N–H and O–H groups in total. The van der Waals surface area contributed by atoms with Gasteiger partial charge < -0.3 is 9.73 Å². The lowest BCUT2D eigenvalue weighted by Gasteiger charge is -2.08. The molecule has 1 amide bonds. The second kappa shape index (κ2) is 8.88. The van der Waals surface area contributed by atoms with Gasteiger partial charge in [-0.2, -0.15) is 5.26 Å². The molecule has 3 aromatic rings. The van der Waals surface area contributed by atoms with Gasteiger partial charge in [0.15, 0.2) is 0 Å². The molecule has 1 aromatic heterocycles. The van der Waals surface area contributed by atoms with Crippen LogP contribution in [0.4, 0.5) is 11.4 Å². The molecule has 0 aliphatic rings. The fourth-order valence-corrected chi connectivity index (χ4v) is 2.77. The van der Waals surface area contributed by atoms with Gasteiger partial charge in [-0.25, -0.2) is 0 Å². The van der Waals surface area contributed by atoms with Crippen molar-refractivity contribution in [3.63, 3.8) is 0 Å². The molecule has 7 heteroatoms. The van der Waals surface area contributed by atoms with Gasteiger partial charge in [-0.05, 0) is 47.9 Å². The number of rotatable bonds is 6. The van der Waals surface area contributed by atoms with Gasteiger partial charge in [0.25, 0.3) is 11.6 Å². The number of benzene rings is 2. The number of nitrogens with one attached hydrogen (secondary N) is 1. The predicted octanol–water partition coefficient (Wildman–Crippen LogP) is 5.52. The largest absolute Gasteiger partial charge is 0.457 e. The number of non-ortho nitro benzene ring substituents is 1. The highest BCUT2D eigenvalue weighted by atomic mass is 16.6. The van der Waals surface area contributed by atoms with Crippen molar-refractivity contribution < 1.29 is 14.1 Å². The monoisotopic (exact) mass is 401 g/mol. The van der Waals surface area contributed by atoms with E-state index in [-0.39, 0.29) is 11.3 Å². The number of nitrogens with zero attached hydrogens (tertiary/aromatic N) is 2. The highest BCUT2D eigenvalue weighted by Crippen LogP contribution is 2.25. The van der Waals surface area contributed by atoms with Crippen LogP contribution >= 0.6 is 0 Å². The maximum Gasteiger partial charge on any atom is 0.269 e. The van der Waals surface area contributed by atoms with E-state index in [4.69, 9.17) is 4.42 Å². The minimum atomic E-state index is -0.539. The first kappa shape index (κ1) is 20.6. The van der Waals surface area contributed by atoms with Gasteiger partial charge in [0.1, 0.15) is 23.2 Å². The third kappa shape index (κ3) is 4.80. The Morgan fingerprint density at radius 1 is 1.10 bits per heavy atom. The van der Waals surface area contributed by atoms with E-state index >= 15 is 0 Å². The lowest BCUT2D eigenvalue weighted by Crippen LogP contribution is -2.13. The Hall–Kier alpha value is -4.18. The summed E-state index contributed by atoms with van der Waals surface area (Å²) < 4.78 is 5.67. The molecule has 7 nitrogen and oxygen atoms in total. The second-order valence-corrected chi connectivity index (χ2v) is 6.91. The molecule has 0 spiro atoms. The molecule has 0 saturated heterocycles. The molecule has 1 heterocycles. The third-order valence-electron chi connectivity index (χ3n) is 4.48. The molecular formula is C23H19N3O4. The molecule has 3 rings (SSSR count). The lowest BCUT2D eigenvalue weighted by molar-refractivity contribution is -0.384. The smallest absolute Gasteiger partial charge is 0.269 e. The summed E-state index contributed by atoms with van der Waals surface area (Å²) in [5.41, 5.74) is 2.27. The number of hydrogen-bond donors (Lipinski definition) is 1. The molecule has 2 aromatic carbocycles. The van der Waals surface area contributed by atoms with E-state index in [2.05, 4.69) is 19.2 Å². The number of hydrogen-bond acceptors (Lipinski definition) is 5. The first-order valence-electron chi connectivity index (χ1n) is 9.25. The highest BCUT2D eigenvalue weighted by Gasteiger charge is 2.12. The van der Waals surface area contributed by atoms with Crippen molar-refractivity contribution in [2.24, 2.45) is 0 Å². The van der Waals surface area contributed by atoms with Crippen molar-refractivity contribution in [2.75, 3.05) is 5.32 Å². The first-order valence-corrected chi connectivity index (χ1v) is 9.25. The number of furan rings is 1. The van der Waals surface area contributed by atoms with E-state index in [1.54, 1.807) is 36.4 Å². The number of amides is 1. The maximum absolute atomic E-state index is 12.4. The van der Waals surface area contributed by atoms with Gasteiger partial charge in [-0.1, -0.05) is 26.0 Å². The maximum atomic E-state index is 12.4. The van der Waals surface area contributed by atoms with Gasteiger partial charge in [0.2, 0.25) is 0 Å². The summed E-state index contributed by atoms with van der Waals surface area (Å²) in [5.74, 6) is 0.639. The molecule has 0 fully saturated rings. The highest BCUT2D eigenvalue weighted by molar-refractivity contribution is 6.09. The number of nitro benzene ring substituents is 1. The first-order chi connectivity index (χ1) is 14.4. The van der Waals surface area contributed by atoms with Gasteiger partial charge >= 0.3 is 0 Å². The van der Waals surface area contributed by atoms with Crippen molar-refractivity contribution in [3.05, 3.63) is 87.7 Å². The fraction of sp³-hybridized carbons (Fsp3) is 0.130. The molecule has 150 valence electrons. The quantitative estimate of drug-likeness (QED) is 0.253. The summed E-state index contributed by atoms with van der Waals surface area (Å²) in [5, 5.41) is 22.8. The van der Waals surface area contributed by atoms with Crippen molar-refractivity contribution in [2.45, 2.75) is 19.8 Å². The van der Waals surface area contributed by atoms with Crippen molar-refractivity contribution >= 4 is 23.4 Å². The third-order valence-corrected chi connectivity index (χ3v) is 4.48. The number of anilines is 1. The normalized spacial score (nSPS) is 11.2. The number of nitriles is 1. The van der Waals surface area contributed by atoms with Crippen LogP contribution in [0.25, 0.3) is 17.4 Å². The van der Waals surface area contributed by atoms with Gasteiger partial charge in [-0.3, -0.25) is 14.9 Å². The average Bonchev–Trinajstić information content (AvgIpc) is 3.21. The lowest BCUT2D eigenvalue weighted by atomic mass is 10.0. The van der Waals surface area contributed by atoms with E-state index in [1.165, 1.54) is 18.2 Å². The second-order valence-electron chi connectivity index (χ2n) is 6.91. The molecule has 0 atom stereocenters. The van der Waals surface area contributed by atoms with Crippen molar-refractivity contribution in [1.29, 1.82) is 5.26 Å². The van der Waals surface area contributed by atoms with E-state index in [1.807, 2.05) is 18.2 Å². The zero-order valence-corrected chi connectivity index (χ0v) is 16.5. The SMILES string of the molecule is CC(C)c1ccc(NC(=O)C(C#N)=Cc2ccc(-c3ccc([N+](=O)[O-])cc3)o2)cc1. The predicted molar refractivity (Wildman–Crippen MR) is 114 cm³/mol. The van der Waals surface area contributed by atoms with Crippen molar-refractivity contribution in [3.8, 4) is 17.4 Å².